The summed E-state index contributed by atoms with van der Waals surface area (Å²) in [6.07, 6.45) is 2.86. The Bertz CT molecular complexity index is 1340. The molecule has 0 unspecified atom stereocenters. The Labute approximate surface area is 210 Å². The van der Waals surface area contributed by atoms with Gasteiger partial charge in [0.25, 0.3) is 0 Å². The Morgan fingerprint density at radius 3 is 2.44 bits per heavy atom. The number of benzene rings is 1. The van der Waals surface area contributed by atoms with Crippen molar-refractivity contribution in [3.63, 3.8) is 0 Å². The van der Waals surface area contributed by atoms with E-state index in [4.69, 9.17) is 5.73 Å². The first-order chi connectivity index (χ1) is 17.1. The molecule has 0 spiro atoms. The van der Waals surface area contributed by atoms with Crippen LogP contribution in [-0.2, 0) is 21.4 Å². The highest BCUT2D eigenvalue weighted by molar-refractivity contribution is 7.88. The van der Waals surface area contributed by atoms with Gasteiger partial charge in [-0.2, -0.15) is 14.3 Å². The minimum Gasteiger partial charge on any atom is -0.368 e. The molecule has 0 radical (unpaired) electrons. The number of anilines is 4. The standard InChI is InChI=1S/C23H29N9O3S/c1-15-26-22(30-23(24)27-15)19-12-17(14-31-8-10-32(11-9-31)36(3,34)35)4-6-20(19)29-18-5-7-21(25-13-18)28-16(2)33/h4-7,12-13,29H,8-11,14H2,1-3H3,(H,25,28,33)(H2,24,26,27,30). The van der Waals surface area contributed by atoms with Gasteiger partial charge in [-0.25, -0.2) is 18.4 Å². The summed E-state index contributed by atoms with van der Waals surface area (Å²) < 4.78 is 25.1. The van der Waals surface area contributed by atoms with Gasteiger partial charge in [-0.15, -0.1) is 0 Å². The number of amides is 1. The molecular weight excluding hydrogens is 482 g/mol. The van der Waals surface area contributed by atoms with Crippen LogP contribution in [0.5, 0.6) is 0 Å². The molecule has 3 aromatic rings. The first-order valence-electron chi connectivity index (χ1n) is 11.4. The van der Waals surface area contributed by atoms with Crippen LogP contribution in [0.3, 0.4) is 0 Å². The highest BCUT2D eigenvalue weighted by Gasteiger charge is 2.23. The molecule has 0 bridgehead atoms. The summed E-state index contributed by atoms with van der Waals surface area (Å²) >= 11 is 0. The number of sulfonamides is 1. The Morgan fingerprint density at radius 2 is 1.83 bits per heavy atom. The van der Waals surface area contributed by atoms with Gasteiger partial charge in [0.15, 0.2) is 5.82 Å². The molecule has 13 heteroatoms. The number of rotatable bonds is 7. The molecular formula is C23H29N9O3S. The highest BCUT2D eigenvalue weighted by Crippen LogP contribution is 2.30. The number of carbonyl (C=O) groups excluding carboxylic acids is 1. The predicted molar refractivity (Wildman–Crippen MR) is 138 cm³/mol. The van der Waals surface area contributed by atoms with Crippen molar-refractivity contribution in [2.45, 2.75) is 20.4 Å². The molecule has 1 amide bonds. The molecule has 0 atom stereocenters. The summed E-state index contributed by atoms with van der Waals surface area (Å²) in [6, 6.07) is 9.46. The van der Waals surface area contributed by atoms with Crippen molar-refractivity contribution >= 4 is 39.1 Å². The molecule has 2 aromatic heterocycles. The molecule has 1 aliphatic heterocycles. The first kappa shape index (κ1) is 25.4. The molecule has 1 saturated heterocycles. The quantitative estimate of drug-likeness (QED) is 0.425. The molecule has 1 aliphatic rings. The van der Waals surface area contributed by atoms with Gasteiger partial charge in [0.05, 0.1) is 18.1 Å². The fourth-order valence-corrected chi connectivity index (χ4v) is 4.79. The summed E-state index contributed by atoms with van der Waals surface area (Å²) in [4.78, 5) is 30.6. The molecule has 0 saturated carbocycles. The van der Waals surface area contributed by atoms with Crippen molar-refractivity contribution in [1.82, 2.24) is 29.1 Å². The lowest BCUT2D eigenvalue weighted by molar-refractivity contribution is -0.114. The third-order valence-electron chi connectivity index (χ3n) is 5.64. The monoisotopic (exact) mass is 511 g/mol. The zero-order chi connectivity index (χ0) is 25.9. The smallest absolute Gasteiger partial charge is 0.223 e. The average molecular weight is 512 g/mol. The molecule has 3 heterocycles. The van der Waals surface area contributed by atoms with Gasteiger partial charge in [0.2, 0.25) is 21.9 Å². The maximum atomic E-state index is 11.8. The largest absolute Gasteiger partial charge is 0.368 e. The van der Waals surface area contributed by atoms with Gasteiger partial charge in [0, 0.05) is 50.9 Å². The van der Waals surface area contributed by atoms with E-state index in [1.54, 1.807) is 19.2 Å². The van der Waals surface area contributed by atoms with Crippen LogP contribution in [0.25, 0.3) is 11.4 Å². The van der Waals surface area contributed by atoms with Gasteiger partial charge in [-0.3, -0.25) is 9.69 Å². The zero-order valence-electron chi connectivity index (χ0n) is 20.4. The number of carbonyl (C=O) groups is 1. The Morgan fingerprint density at radius 1 is 1.08 bits per heavy atom. The van der Waals surface area contributed by atoms with E-state index in [0.717, 1.165) is 16.8 Å². The lowest BCUT2D eigenvalue weighted by Gasteiger charge is -2.33. The molecule has 12 nitrogen and oxygen atoms in total. The number of nitrogen functional groups attached to an aromatic ring is 1. The van der Waals surface area contributed by atoms with Crippen LogP contribution in [0.15, 0.2) is 36.5 Å². The first-order valence-corrected chi connectivity index (χ1v) is 13.2. The van der Waals surface area contributed by atoms with E-state index in [2.05, 4.69) is 35.5 Å². The van der Waals surface area contributed by atoms with Crippen LogP contribution >= 0.6 is 0 Å². The van der Waals surface area contributed by atoms with E-state index in [-0.39, 0.29) is 11.9 Å². The average Bonchev–Trinajstić information content (AvgIpc) is 2.80. The number of hydrogen-bond acceptors (Lipinski definition) is 10. The Kier molecular flexibility index (Phi) is 7.43. The Balaban J connectivity index is 1.59. The number of hydrogen-bond donors (Lipinski definition) is 3. The van der Waals surface area contributed by atoms with Gasteiger partial charge in [-0.05, 0) is 36.8 Å². The maximum absolute atomic E-state index is 11.8. The third-order valence-corrected chi connectivity index (χ3v) is 6.95. The summed E-state index contributed by atoms with van der Waals surface area (Å²) in [5.41, 5.74) is 9.14. The Hall–Kier alpha value is -3.68. The second kappa shape index (κ2) is 10.5. The second-order valence-corrected chi connectivity index (χ2v) is 10.6. The van der Waals surface area contributed by atoms with Gasteiger partial charge in [0.1, 0.15) is 11.6 Å². The van der Waals surface area contributed by atoms with E-state index in [0.29, 0.717) is 55.9 Å². The van der Waals surface area contributed by atoms with Crippen LogP contribution in [0.1, 0.15) is 18.3 Å². The number of nitrogens with zero attached hydrogens (tertiary/aromatic N) is 6. The fraction of sp³-hybridized carbons (Fsp3) is 0.348. The second-order valence-electron chi connectivity index (χ2n) is 8.62. The highest BCUT2D eigenvalue weighted by atomic mass is 32.2. The predicted octanol–water partition coefficient (Wildman–Crippen LogP) is 1.60. The fourth-order valence-electron chi connectivity index (χ4n) is 3.96. The van der Waals surface area contributed by atoms with E-state index >= 15 is 0 Å². The SMILES string of the molecule is CC(=O)Nc1ccc(Nc2ccc(CN3CCN(S(C)(=O)=O)CC3)cc2-c2nc(C)nc(N)n2)cn1. The van der Waals surface area contributed by atoms with Crippen LogP contribution in [0, 0.1) is 6.92 Å². The van der Waals surface area contributed by atoms with E-state index in [1.807, 2.05) is 24.3 Å². The van der Waals surface area contributed by atoms with Crippen molar-refractivity contribution < 1.29 is 13.2 Å². The van der Waals surface area contributed by atoms with Crippen LogP contribution in [0.2, 0.25) is 0 Å². The van der Waals surface area contributed by atoms with Crippen molar-refractivity contribution in [3.05, 3.63) is 47.9 Å². The molecule has 1 aromatic carbocycles. The summed E-state index contributed by atoms with van der Waals surface area (Å²) in [7, 11) is -3.18. The van der Waals surface area contributed by atoms with Crippen molar-refractivity contribution in [1.29, 1.82) is 0 Å². The number of pyridine rings is 1. The normalized spacial score (nSPS) is 15.0. The van der Waals surface area contributed by atoms with Crippen LogP contribution < -0.4 is 16.4 Å². The molecule has 4 N–H and O–H groups in total. The minimum atomic E-state index is -3.18. The molecule has 4 rings (SSSR count). The molecule has 190 valence electrons. The van der Waals surface area contributed by atoms with Crippen LogP contribution in [-0.4, -0.2) is 75.9 Å². The van der Waals surface area contributed by atoms with Gasteiger partial charge >= 0.3 is 0 Å². The number of nitrogens with one attached hydrogen (secondary N) is 2. The van der Waals surface area contributed by atoms with Crippen LogP contribution in [0.4, 0.5) is 23.1 Å². The number of nitrogens with two attached hydrogens (primary N) is 1. The minimum absolute atomic E-state index is 0.132. The van der Waals surface area contributed by atoms with Crippen molar-refractivity contribution in [2.75, 3.05) is 48.8 Å². The van der Waals surface area contributed by atoms with Crippen molar-refractivity contribution in [3.8, 4) is 11.4 Å². The summed E-state index contributed by atoms with van der Waals surface area (Å²) in [5.74, 6) is 1.34. The third kappa shape index (κ3) is 6.50. The summed E-state index contributed by atoms with van der Waals surface area (Å²) in [6.45, 7) is 6.06. The van der Waals surface area contributed by atoms with Crippen molar-refractivity contribution in [2.24, 2.45) is 0 Å². The van der Waals surface area contributed by atoms with E-state index in [1.165, 1.54) is 17.5 Å². The zero-order valence-corrected chi connectivity index (χ0v) is 21.2. The topological polar surface area (TPSA) is 159 Å². The lowest BCUT2D eigenvalue weighted by Crippen LogP contribution is -2.47. The number of aryl methyl sites for hydroxylation is 1. The summed E-state index contributed by atoms with van der Waals surface area (Å²) in [5, 5.41) is 5.98. The lowest BCUT2D eigenvalue weighted by atomic mass is 10.1. The number of piperazine rings is 1. The molecule has 1 fully saturated rings. The van der Waals surface area contributed by atoms with Gasteiger partial charge < -0.3 is 16.4 Å². The molecule has 36 heavy (non-hydrogen) atoms. The number of aromatic nitrogens is 4. The van der Waals surface area contributed by atoms with E-state index in [9.17, 15) is 13.2 Å². The maximum Gasteiger partial charge on any atom is 0.223 e. The van der Waals surface area contributed by atoms with E-state index < -0.39 is 10.0 Å². The van der Waals surface area contributed by atoms with Gasteiger partial charge in [-0.1, -0.05) is 6.07 Å². The molecule has 0 aliphatic carbocycles.